The van der Waals surface area contributed by atoms with Crippen LogP contribution in [-0.2, 0) is 46.5 Å². The second-order valence-electron chi connectivity index (χ2n) is 18.8. The van der Waals surface area contributed by atoms with Crippen LogP contribution in [0.1, 0.15) is 89.5 Å². The van der Waals surface area contributed by atoms with Crippen LogP contribution in [0, 0.1) is 11.8 Å². The topological polar surface area (TPSA) is 3.24 Å². The Bertz CT molecular complexity index is 1970. The fourth-order valence-corrected chi connectivity index (χ4v) is 16.0. The first-order chi connectivity index (χ1) is 27.9. The molecule has 0 fully saturated rings. The monoisotopic (exact) mass is 937 g/mol. The summed E-state index contributed by atoms with van der Waals surface area (Å²) in [6.07, 6.45) is 9.71. The zero-order valence-electron chi connectivity index (χ0n) is 38.5. The molecule has 0 aliphatic heterocycles. The van der Waals surface area contributed by atoms with E-state index in [0.29, 0.717) is 11.8 Å². The zero-order valence-corrected chi connectivity index (χ0v) is 44.5. The molecular formula is C52H72BCl2NSi2Zr. The van der Waals surface area contributed by atoms with Gasteiger partial charge >= 0.3 is 37.9 Å². The number of hydrogen-bond acceptors (Lipinski definition) is 1. The van der Waals surface area contributed by atoms with Crippen molar-refractivity contribution in [2.75, 3.05) is 0 Å². The van der Waals surface area contributed by atoms with E-state index in [4.69, 9.17) is 25.0 Å². The van der Waals surface area contributed by atoms with Crippen LogP contribution in [0.15, 0.2) is 109 Å². The third kappa shape index (κ3) is 16.3. The van der Waals surface area contributed by atoms with Gasteiger partial charge in [-0.25, -0.2) is 0 Å². The van der Waals surface area contributed by atoms with Crippen molar-refractivity contribution in [1.82, 2.24) is 4.14 Å². The molecule has 0 N–H and O–H groups in total. The van der Waals surface area contributed by atoms with Gasteiger partial charge in [-0.05, 0) is 59.8 Å². The molecule has 1 nitrogen and oxygen atoms in total. The minimum atomic E-state index is -1.22. The molecule has 0 heterocycles. The fraction of sp³-hybridized carbons (Fsp3) is 0.423. The van der Waals surface area contributed by atoms with Crippen molar-refractivity contribution < 1.29 is 20.8 Å². The average Bonchev–Trinajstić information content (AvgIpc) is 3.80. The summed E-state index contributed by atoms with van der Waals surface area (Å²) >= 11 is -0.826. The number of halogens is 2. The number of unbranched alkanes of at least 4 members (excludes halogenated alkanes) is 2. The normalized spacial score (nSPS) is 11.5. The average molecular weight is 940 g/mol. The molecular weight excluding hydrogens is 868 g/mol. The summed E-state index contributed by atoms with van der Waals surface area (Å²) in [6.45, 7) is 27.4. The first-order valence-electron chi connectivity index (χ1n) is 22.0. The Morgan fingerprint density at radius 2 is 0.898 bits per heavy atom. The summed E-state index contributed by atoms with van der Waals surface area (Å²) in [4.78, 5) is 0. The SMILES string of the molecule is CCCCc1cc2c(-c3ccccc3CC(C)C)cccc2[cH-]1.CCCCc1cc2c(-c3ccccc3CC(C)C)cccc2[cH-]1.[B]N([Si](C)(C)C)[Si](C)(C)C.[Cl][Zr+2][Cl]. The molecule has 0 bridgehead atoms. The predicted molar refractivity (Wildman–Crippen MR) is 270 cm³/mol. The van der Waals surface area contributed by atoms with E-state index in [-0.39, 0.29) is 0 Å². The van der Waals surface area contributed by atoms with Gasteiger partial charge in [0.1, 0.15) is 16.5 Å². The van der Waals surface area contributed by atoms with Crippen LogP contribution in [0.3, 0.4) is 0 Å². The van der Waals surface area contributed by atoms with Gasteiger partial charge in [-0.2, -0.15) is 12.1 Å². The molecule has 0 amide bonds. The molecule has 0 atom stereocenters. The quantitative estimate of drug-likeness (QED) is 0.0777. The maximum atomic E-state index is 5.98. The summed E-state index contributed by atoms with van der Waals surface area (Å²) < 4.78 is 2.15. The Labute approximate surface area is 382 Å². The van der Waals surface area contributed by atoms with Gasteiger partial charge in [0.05, 0.1) is 0 Å². The molecule has 0 aliphatic rings. The number of nitrogens with zero attached hydrogens (tertiary/aromatic N) is 1. The molecule has 6 aromatic carbocycles. The van der Waals surface area contributed by atoms with Crippen molar-refractivity contribution >= 4 is 63.0 Å². The van der Waals surface area contributed by atoms with Crippen molar-refractivity contribution in [2.24, 2.45) is 11.8 Å². The number of fused-ring (bicyclic) bond motifs is 2. The standard InChI is InChI=1S/2C23H27.C6H18BNSi2.2ClH.Zr/c2*1-4-5-9-18-15-20-11-8-13-22(23(20)16-18)21-12-7-6-10-19(21)14-17(2)3;1-9(2,3)8(7)10(4,5)6;;;/h2*6-8,10-13,15-17H,4-5,9,14H2,1-3H3;1-6H3;2*1H;/q2*-1;;;;+4/p-2. The van der Waals surface area contributed by atoms with E-state index >= 15 is 0 Å². The first-order valence-corrected chi connectivity index (χ1v) is 35.2. The van der Waals surface area contributed by atoms with E-state index in [1.807, 2.05) is 0 Å². The molecule has 0 saturated carbocycles. The van der Waals surface area contributed by atoms with Gasteiger partial charge in [-0.3, -0.25) is 0 Å². The number of hydrogen-bond donors (Lipinski definition) is 0. The van der Waals surface area contributed by atoms with Gasteiger partial charge < -0.3 is 4.14 Å². The Morgan fingerprint density at radius 3 is 1.20 bits per heavy atom. The number of aryl methyl sites for hydroxylation is 2. The second kappa shape index (κ2) is 25.2. The maximum absolute atomic E-state index is 5.98. The summed E-state index contributed by atoms with van der Waals surface area (Å²) in [5, 5.41) is 5.59. The van der Waals surface area contributed by atoms with E-state index in [2.05, 4.69) is 194 Å². The van der Waals surface area contributed by atoms with Crippen LogP contribution < -0.4 is 0 Å². The van der Waals surface area contributed by atoms with Gasteiger partial charge in [-0.1, -0.05) is 178 Å². The van der Waals surface area contributed by atoms with Crippen molar-refractivity contribution in [3.05, 3.63) is 131 Å². The van der Waals surface area contributed by atoms with Crippen LogP contribution >= 0.6 is 17.0 Å². The summed E-state index contributed by atoms with van der Waals surface area (Å²) in [6, 6.07) is 40.8. The third-order valence-corrected chi connectivity index (χ3v) is 17.5. The van der Waals surface area contributed by atoms with Gasteiger partial charge in [-0.15, -0.1) is 69.1 Å². The summed E-state index contributed by atoms with van der Waals surface area (Å²) in [5.74, 6) is 1.35. The zero-order chi connectivity index (χ0) is 43.8. The van der Waals surface area contributed by atoms with Gasteiger partial charge in [0.15, 0.2) is 7.98 Å². The molecule has 0 saturated heterocycles. The van der Waals surface area contributed by atoms with Crippen molar-refractivity contribution in [1.29, 1.82) is 0 Å². The van der Waals surface area contributed by atoms with Crippen LogP contribution in [0.2, 0.25) is 39.3 Å². The molecule has 2 radical (unpaired) electrons. The first kappa shape index (κ1) is 51.4. The van der Waals surface area contributed by atoms with Gasteiger partial charge in [0.2, 0.25) is 0 Å². The Balaban J connectivity index is 0.000000245. The van der Waals surface area contributed by atoms with E-state index in [9.17, 15) is 0 Å². The molecule has 6 rings (SSSR count). The van der Waals surface area contributed by atoms with E-state index < -0.39 is 37.3 Å². The van der Waals surface area contributed by atoms with Crippen molar-refractivity contribution in [2.45, 2.75) is 132 Å². The van der Waals surface area contributed by atoms with Crippen molar-refractivity contribution in [3.63, 3.8) is 0 Å². The summed E-state index contributed by atoms with van der Waals surface area (Å²) in [5.41, 5.74) is 11.5. The van der Waals surface area contributed by atoms with Crippen molar-refractivity contribution in [3.8, 4) is 22.3 Å². The molecule has 7 heteroatoms. The summed E-state index contributed by atoms with van der Waals surface area (Å²) in [7, 11) is 13.4. The van der Waals surface area contributed by atoms with E-state index in [1.54, 1.807) is 0 Å². The predicted octanol–water partition coefficient (Wildman–Crippen LogP) is 17.0. The minimum absolute atomic E-state index is 0.676. The molecule has 0 aliphatic carbocycles. The molecule has 0 unspecified atom stereocenters. The Hall–Kier alpha value is -1.98. The molecule has 0 aromatic heterocycles. The molecule has 59 heavy (non-hydrogen) atoms. The van der Waals surface area contributed by atoms with Crippen LogP contribution in [0.4, 0.5) is 0 Å². The van der Waals surface area contributed by atoms with Crippen LogP contribution in [-0.4, -0.2) is 28.6 Å². The van der Waals surface area contributed by atoms with Gasteiger partial charge in [0.25, 0.3) is 0 Å². The van der Waals surface area contributed by atoms with Crippen LogP contribution in [0.25, 0.3) is 43.8 Å². The second-order valence-corrected chi connectivity index (χ2v) is 32.7. The molecule has 0 spiro atoms. The Kier molecular flexibility index (Phi) is 22.0. The van der Waals surface area contributed by atoms with Crippen LogP contribution in [0.5, 0.6) is 0 Å². The molecule has 314 valence electrons. The Morgan fingerprint density at radius 1 is 0.559 bits per heavy atom. The number of benzene rings is 4. The van der Waals surface area contributed by atoms with Gasteiger partial charge in [0, 0.05) is 0 Å². The molecule has 6 aromatic rings. The third-order valence-electron chi connectivity index (χ3n) is 10.6. The van der Waals surface area contributed by atoms with E-state index in [0.717, 1.165) is 12.8 Å². The van der Waals surface area contributed by atoms with E-state index in [1.165, 1.54) is 105 Å². The number of rotatable bonds is 14. The fourth-order valence-electron chi connectivity index (χ4n) is 7.92.